The summed E-state index contributed by atoms with van der Waals surface area (Å²) < 4.78 is 34.8. The number of rotatable bonds is 10. The molecule has 15 heteroatoms. The molecule has 2 heterocycles. The van der Waals surface area contributed by atoms with E-state index in [4.69, 9.17) is 18.9 Å². The van der Waals surface area contributed by atoms with Crippen molar-refractivity contribution in [2.24, 2.45) is 5.92 Å². The molecule has 4 rings (SSSR count). The van der Waals surface area contributed by atoms with Gasteiger partial charge in [0.2, 0.25) is 11.3 Å². The summed E-state index contributed by atoms with van der Waals surface area (Å²) in [6.07, 6.45) is -2.87. The van der Waals surface area contributed by atoms with E-state index in [0.717, 1.165) is 4.90 Å². The molecule has 0 radical (unpaired) electrons. The first-order chi connectivity index (χ1) is 20.0. The van der Waals surface area contributed by atoms with Crippen molar-refractivity contribution in [1.82, 2.24) is 4.90 Å². The zero-order chi connectivity index (χ0) is 30.6. The molecular formula is C27H26N4O10S. The summed E-state index contributed by atoms with van der Waals surface area (Å²) in [4.78, 5) is 53.3. The first-order valence-electron chi connectivity index (χ1n) is 12.7. The first kappa shape index (κ1) is 30.2. The molecule has 0 N–H and O–H groups in total. The number of hydrogen-bond donors (Lipinski definition) is 0. The average molecular weight is 599 g/mol. The predicted octanol–water partition coefficient (Wildman–Crippen LogP) is 3.19. The molecule has 0 aliphatic carbocycles. The summed E-state index contributed by atoms with van der Waals surface area (Å²) in [6, 6.07) is 14.1. The van der Waals surface area contributed by atoms with Gasteiger partial charge in [-0.25, -0.2) is 9.59 Å². The summed E-state index contributed by atoms with van der Waals surface area (Å²) in [7, 11) is 0. The van der Waals surface area contributed by atoms with Gasteiger partial charge in [0.1, 0.15) is 36.4 Å². The molecule has 0 spiro atoms. The molecule has 4 atom stereocenters. The number of hydrogen-bond acceptors (Lipinski definition) is 10. The smallest absolute Gasteiger partial charge is 0.529 e. The Morgan fingerprint density at radius 3 is 2.26 bits per heavy atom. The lowest BCUT2D eigenvalue weighted by atomic mass is 9.91. The van der Waals surface area contributed by atoms with Crippen LogP contribution in [0.1, 0.15) is 31.9 Å². The third-order valence-electron chi connectivity index (χ3n) is 6.29. The number of carbonyl (C=O) groups excluding carboxylic acids is 3. The van der Waals surface area contributed by atoms with E-state index in [1.807, 2.05) is 0 Å². The van der Waals surface area contributed by atoms with Gasteiger partial charge < -0.3 is 29.0 Å². The van der Waals surface area contributed by atoms with E-state index in [-0.39, 0.29) is 30.4 Å². The van der Waals surface area contributed by atoms with Crippen molar-refractivity contribution in [1.29, 1.82) is 0 Å². The van der Waals surface area contributed by atoms with Gasteiger partial charge in [0.25, 0.3) is 11.4 Å². The van der Waals surface area contributed by atoms with Gasteiger partial charge in [0.05, 0.1) is 11.0 Å². The van der Waals surface area contributed by atoms with Crippen LogP contribution in [0, 0.1) is 16.0 Å². The highest BCUT2D eigenvalue weighted by molar-refractivity contribution is 8.07. The van der Waals surface area contributed by atoms with Crippen molar-refractivity contribution >= 4 is 39.9 Å². The van der Waals surface area contributed by atoms with Crippen LogP contribution < -0.4 is 0 Å². The van der Waals surface area contributed by atoms with Gasteiger partial charge in [-0.3, -0.25) is 19.8 Å². The maximum atomic E-state index is 13.4. The monoisotopic (exact) mass is 598 g/mol. The van der Waals surface area contributed by atoms with Gasteiger partial charge in [0.15, 0.2) is 5.70 Å². The average Bonchev–Trinajstić information content (AvgIpc) is 2.95. The van der Waals surface area contributed by atoms with Gasteiger partial charge in [-0.1, -0.05) is 30.3 Å². The number of non-ortho nitro benzene ring substituents is 1. The van der Waals surface area contributed by atoms with Gasteiger partial charge in [-0.2, -0.15) is 0 Å². The van der Waals surface area contributed by atoms with E-state index in [9.17, 15) is 34.6 Å². The lowest BCUT2D eigenvalue weighted by Crippen LogP contribution is -2.70. The molecule has 0 aromatic heterocycles. The second kappa shape index (κ2) is 12.9. The third-order valence-corrected chi connectivity index (χ3v) is 7.88. The Labute approximate surface area is 242 Å². The van der Waals surface area contributed by atoms with Crippen molar-refractivity contribution in [3.8, 4) is 0 Å². The Hall–Kier alpha value is -4.72. The second-order valence-corrected chi connectivity index (χ2v) is 11.0. The number of carbonyl (C=O) groups is 3. The minimum absolute atomic E-state index is 0.131. The van der Waals surface area contributed by atoms with Crippen LogP contribution in [0.25, 0.3) is 5.53 Å². The molecule has 1 amide bonds. The Morgan fingerprint density at radius 2 is 1.67 bits per heavy atom. The zero-order valence-electron chi connectivity index (χ0n) is 22.7. The van der Waals surface area contributed by atoms with E-state index >= 15 is 0 Å². The summed E-state index contributed by atoms with van der Waals surface area (Å²) >= 11 is -2.19. The lowest BCUT2D eigenvalue weighted by Gasteiger charge is -2.48. The predicted molar refractivity (Wildman–Crippen MR) is 144 cm³/mol. The number of fused-ring (bicyclic) bond motifs is 1. The SMILES string of the molecule is CC(C)OC1=C(C(=O)OCc2ccccc2)N2C(=O)[C@H](C(C)OC(=O)OCc3ccc([N+](=O)[O-])cc3)[C@H]2[S+]([O-])C1=[N+]=[N-]. The lowest BCUT2D eigenvalue weighted by molar-refractivity contribution is -0.384. The van der Waals surface area contributed by atoms with Crippen LogP contribution in [0.4, 0.5) is 10.5 Å². The fraction of sp³-hybridized carbons (Fsp3) is 0.333. The molecule has 220 valence electrons. The third kappa shape index (κ3) is 6.28. The van der Waals surface area contributed by atoms with Crippen LogP contribution in [0.15, 0.2) is 66.1 Å². The molecule has 1 saturated heterocycles. The number of nitro groups is 1. The zero-order valence-corrected chi connectivity index (χ0v) is 23.5. The van der Waals surface area contributed by atoms with Crippen molar-refractivity contribution in [2.45, 2.75) is 51.6 Å². The highest BCUT2D eigenvalue weighted by atomic mass is 32.2. The molecular weight excluding hydrogens is 572 g/mol. The van der Waals surface area contributed by atoms with E-state index in [1.54, 1.807) is 44.2 Å². The van der Waals surface area contributed by atoms with Crippen molar-refractivity contribution in [2.75, 3.05) is 0 Å². The van der Waals surface area contributed by atoms with E-state index in [0.29, 0.717) is 11.1 Å². The number of esters is 1. The molecule has 2 aliphatic heterocycles. The Kier molecular flexibility index (Phi) is 9.25. The number of nitro benzene ring substituents is 1. The summed E-state index contributed by atoms with van der Waals surface area (Å²) in [6.45, 7) is 4.24. The van der Waals surface area contributed by atoms with Gasteiger partial charge in [-0.15, -0.1) is 4.79 Å². The highest BCUT2D eigenvalue weighted by Crippen LogP contribution is 2.44. The molecule has 2 aromatic carbocycles. The van der Waals surface area contributed by atoms with Crippen LogP contribution in [0.3, 0.4) is 0 Å². The second-order valence-electron chi connectivity index (χ2n) is 9.52. The van der Waals surface area contributed by atoms with E-state index in [2.05, 4.69) is 4.79 Å². The van der Waals surface area contributed by atoms with Crippen molar-refractivity contribution in [3.63, 3.8) is 0 Å². The highest BCUT2D eigenvalue weighted by Gasteiger charge is 2.68. The van der Waals surface area contributed by atoms with Crippen molar-refractivity contribution in [3.05, 3.63) is 92.8 Å². The molecule has 2 aromatic rings. The Balaban J connectivity index is 1.50. The number of amides is 1. The fourth-order valence-electron chi connectivity index (χ4n) is 4.33. The van der Waals surface area contributed by atoms with Crippen molar-refractivity contribution < 1.29 is 47.6 Å². The first-order valence-corrected chi connectivity index (χ1v) is 13.9. The molecule has 14 nitrogen and oxygen atoms in total. The fourth-order valence-corrected chi connectivity index (χ4v) is 5.97. The van der Waals surface area contributed by atoms with Crippen LogP contribution in [0.2, 0.25) is 0 Å². The van der Waals surface area contributed by atoms with Gasteiger partial charge in [0, 0.05) is 12.1 Å². The number of ether oxygens (including phenoxy) is 4. The molecule has 42 heavy (non-hydrogen) atoms. The maximum absolute atomic E-state index is 13.4. The molecule has 0 saturated carbocycles. The number of benzene rings is 2. The largest absolute Gasteiger partial charge is 0.604 e. The quantitative estimate of drug-likeness (QED) is 0.0745. The van der Waals surface area contributed by atoms with E-state index < -0.39 is 62.7 Å². The molecule has 2 unspecified atom stereocenters. The Morgan fingerprint density at radius 1 is 1.05 bits per heavy atom. The molecule has 1 fully saturated rings. The molecule has 2 aliphatic rings. The summed E-state index contributed by atoms with van der Waals surface area (Å²) in [5, 5.41) is 9.09. The number of β-lactam (4-membered cyclic amide) rings is 1. The standard InChI is InChI=1S/C27H26N4O10S/c1-15(2)40-22-21(26(33)38-13-17-7-5-4-6-8-17)30-24(32)20(25(30)42(37)23(22)29-28)16(3)41-27(34)39-14-18-9-11-19(12-10-18)31(35)36/h4-12,15-16,20,25H,13-14H2,1-3H3/t16?,20-,25+,42?/m0/s1. The maximum Gasteiger partial charge on any atom is 0.529 e. The van der Waals surface area contributed by atoms with Gasteiger partial charge >= 0.3 is 17.2 Å². The van der Waals surface area contributed by atoms with Crippen LogP contribution in [-0.2, 0) is 52.9 Å². The topological polar surface area (TPSA) is 194 Å². The van der Waals surface area contributed by atoms with E-state index in [1.165, 1.54) is 31.2 Å². The van der Waals surface area contributed by atoms with Crippen LogP contribution >= 0.6 is 0 Å². The summed E-state index contributed by atoms with van der Waals surface area (Å²) in [5.74, 6) is -3.21. The van der Waals surface area contributed by atoms with Gasteiger partial charge in [-0.05, 0) is 44.0 Å². The minimum Gasteiger partial charge on any atom is -0.604 e. The normalized spacial score (nSPS) is 20.2. The summed E-state index contributed by atoms with van der Waals surface area (Å²) in [5.41, 5.74) is 10.3. The Bertz CT molecular complexity index is 1460. The van der Waals surface area contributed by atoms with Crippen LogP contribution in [-0.4, -0.2) is 59.8 Å². The number of nitrogens with zero attached hydrogens (tertiary/aromatic N) is 4. The van der Waals surface area contributed by atoms with Crippen LogP contribution in [0.5, 0.6) is 0 Å². The minimum atomic E-state index is -2.19. The molecule has 0 bridgehead atoms.